The van der Waals surface area contributed by atoms with Crippen LogP contribution < -0.4 is 9.62 Å². The van der Waals surface area contributed by atoms with Gasteiger partial charge in [0, 0.05) is 5.69 Å². The fourth-order valence-corrected chi connectivity index (χ4v) is 3.66. The molecule has 10 heteroatoms. The molecule has 0 radical (unpaired) electrons. The van der Waals surface area contributed by atoms with Gasteiger partial charge in [-0.25, -0.2) is 8.42 Å². The first-order valence-corrected chi connectivity index (χ1v) is 10.4. The molecule has 28 heavy (non-hydrogen) atoms. The smallest absolute Gasteiger partial charge is 0.324 e. The van der Waals surface area contributed by atoms with Crippen LogP contribution in [-0.4, -0.2) is 27.1 Å². The molecule has 1 N–H and O–H groups in total. The minimum Gasteiger partial charge on any atom is -0.324 e. The Hall–Kier alpha value is -2.26. The largest absolute Gasteiger partial charge is 0.416 e. The number of aryl methyl sites for hydroxylation is 1. The van der Waals surface area contributed by atoms with Gasteiger partial charge in [-0.3, -0.25) is 9.10 Å². The van der Waals surface area contributed by atoms with Crippen molar-refractivity contribution in [3.05, 3.63) is 58.6 Å². The highest BCUT2D eigenvalue weighted by molar-refractivity contribution is 7.92. The van der Waals surface area contributed by atoms with E-state index in [9.17, 15) is 26.4 Å². The standard InChI is InChI=1S/C18H18ClF3N2O3S/c1-3-12-6-4-5-7-15(12)23-17(25)11-24(28(2,26)27)16-10-13(18(20,21)22)8-9-14(16)19/h4-10H,3,11H2,1-2H3,(H,23,25). The summed E-state index contributed by atoms with van der Waals surface area (Å²) in [6, 6.07) is 9.24. The van der Waals surface area contributed by atoms with E-state index in [0.717, 1.165) is 24.0 Å². The molecule has 0 spiro atoms. The van der Waals surface area contributed by atoms with Crippen LogP contribution in [0.15, 0.2) is 42.5 Å². The number of anilines is 2. The zero-order chi connectivity index (χ0) is 21.1. The first kappa shape index (κ1) is 22.0. The van der Waals surface area contributed by atoms with E-state index in [4.69, 9.17) is 11.6 Å². The predicted octanol–water partition coefficient (Wildman–Crippen LogP) is 4.33. The van der Waals surface area contributed by atoms with Crippen LogP contribution in [0.5, 0.6) is 0 Å². The molecule has 0 unspecified atom stereocenters. The molecule has 0 atom stereocenters. The quantitative estimate of drug-likeness (QED) is 0.736. The SMILES string of the molecule is CCc1ccccc1NC(=O)CN(c1cc(C(F)(F)F)ccc1Cl)S(C)(=O)=O. The molecule has 0 fully saturated rings. The van der Waals surface area contributed by atoms with Gasteiger partial charge in [0.15, 0.2) is 0 Å². The van der Waals surface area contributed by atoms with Gasteiger partial charge in [-0.05, 0) is 36.2 Å². The summed E-state index contributed by atoms with van der Waals surface area (Å²) in [6.07, 6.45) is -3.27. The van der Waals surface area contributed by atoms with Crippen molar-refractivity contribution < 1.29 is 26.4 Å². The van der Waals surface area contributed by atoms with Crippen LogP contribution in [-0.2, 0) is 27.4 Å². The number of hydrogen-bond acceptors (Lipinski definition) is 3. The van der Waals surface area contributed by atoms with Crippen molar-refractivity contribution in [2.75, 3.05) is 22.4 Å². The van der Waals surface area contributed by atoms with E-state index in [1.165, 1.54) is 0 Å². The average molecular weight is 435 g/mol. The Morgan fingerprint density at radius 2 is 1.82 bits per heavy atom. The number of amides is 1. The number of sulfonamides is 1. The molecule has 5 nitrogen and oxygen atoms in total. The topological polar surface area (TPSA) is 66.5 Å². The summed E-state index contributed by atoms with van der Waals surface area (Å²) >= 11 is 5.93. The van der Waals surface area contributed by atoms with E-state index in [2.05, 4.69) is 5.32 Å². The Labute approximate surface area is 166 Å². The monoisotopic (exact) mass is 434 g/mol. The minimum absolute atomic E-state index is 0.222. The fraction of sp³-hybridized carbons (Fsp3) is 0.278. The van der Waals surface area contributed by atoms with E-state index in [1.54, 1.807) is 24.3 Å². The molecule has 0 aliphatic rings. The third kappa shape index (κ3) is 5.39. The third-order valence-electron chi connectivity index (χ3n) is 3.90. The van der Waals surface area contributed by atoms with Crippen LogP contribution in [0.4, 0.5) is 24.5 Å². The Morgan fingerprint density at radius 3 is 2.39 bits per heavy atom. The molecule has 152 valence electrons. The average Bonchev–Trinajstić information content (AvgIpc) is 2.59. The second-order valence-corrected chi connectivity index (χ2v) is 8.31. The summed E-state index contributed by atoms with van der Waals surface area (Å²) in [6.45, 7) is 1.16. The number of nitrogens with one attached hydrogen (secondary N) is 1. The van der Waals surface area contributed by atoms with Gasteiger partial charge in [0.2, 0.25) is 15.9 Å². The molecule has 0 aromatic heterocycles. The number of carbonyl (C=O) groups excluding carboxylic acids is 1. The maximum Gasteiger partial charge on any atom is 0.416 e. The van der Waals surface area contributed by atoms with Crippen LogP contribution in [0.1, 0.15) is 18.1 Å². The second kappa shape index (κ2) is 8.40. The van der Waals surface area contributed by atoms with Gasteiger partial charge in [-0.2, -0.15) is 13.2 Å². The first-order valence-electron chi connectivity index (χ1n) is 8.15. The highest BCUT2D eigenvalue weighted by Crippen LogP contribution is 2.36. The number of halogens is 4. The molecule has 0 saturated carbocycles. The minimum atomic E-state index is -4.69. The van der Waals surface area contributed by atoms with Gasteiger partial charge < -0.3 is 5.32 Å². The molecule has 0 bridgehead atoms. The summed E-state index contributed by atoms with van der Waals surface area (Å²) in [7, 11) is -4.09. The summed E-state index contributed by atoms with van der Waals surface area (Å²) < 4.78 is 63.9. The van der Waals surface area contributed by atoms with Gasteiger partial charge in [0.05, 0.1) is 22.5 Å². The lowest BCUT2D eigenvalue weighted by atomic mass is 10.1. The molecule has 0 heterocycles. The van der Waals surface area contributed by atoms with Crippen LogP contribution in [0, 0.1) is 0 Å². The number of para-hydroxylation sites is 1. The maximum atomic E-state index is 13.0. The van der Waals surface area contributed by atoms with E-state index in [0.29, 0.717) is 22.5 Å². The van der Waals surface area contributed by atoms with Crippen molar-refractivity contribution in [3.8, 4) is 0 Å². The van der Waals surface area contributed by atoms with Gasteiger partial charge in [-0.1, -0.05) is 36.7 Å². The Kier molecular flexibility index (Phi) is 6.61. The Bertz CT molecular complexity index is 978. The van der Waals surface area contributed by atoms with Crippen molar-refractivity contribution in [2.24, 2.45) is 0 Å². The van der Waals surface area contributed by atoms with Gasteiger partial charge in [0.1, 0.15) is 6.54 Å². The summed E-state index contributed by atoms with van der Waals surface area (Å²) in [5.41, 5.74) is -0.160. The van der Waals surface area contributed by atoms with E-state index in [1.807, 2.05) is 6.92 Å². The first-order chi connectivity index (χ1) is 12.9. The molecule has 1 amide bonds. The zero-order valence-corrected chi connectivity index (χ0v) is 16.6. The third-order valence-corrected chi connectivity index (χ3v) is 5.35. The van der Waals surface area contributed by atoms with Crippen LogP contribution in [0.2, 0.25) is 5.02 Å². The summed E-state index contributed by atoms with van der Waals surface area (Å²) in [5.74, 6) is -0.709. The molecule has 2 aromatic carbocycles. The van der Waals surface area contributed by atoms with Crippen molar-refractivity contribution >= 4 is 38.9 Å². The summed E-state index contributed by atoms with van der Waals surface area (Å²) in [4.78, 5) is 12.4. The van der Waals surface area contributed by atoms with E-state index >= 15 is 0 Å². The number of alkyl halides is 3. The number of hydrogen-bond donors (Lipinski definition) is 1. The lowest BCUT2D eigenvalue weighted by Crippen LogP contribution is -2.38. The van der Waals surface area contributed by atoms with Crippen LogP contribution in [0.3, 0.4) is 0 Å². The number of benzene rings is 2. The zero-order valence-electron chi connectivity index (χ0n) is 15.0. The van der Waals surface area contributed by atoms with Crippen molar-refractivity contribution in [3.63, 3.8) is 0 Å². The van der Waals surface area contributed by atoms with E-state index < -0.39 is 39.9 Å². The molecule has 2 rings (SSSR count). The van der Waals surface area contributed by atoms with Crippen LogP contribution >= 0.6 is 11.6 Å². The molecular weight excluding hydrogens is 417 g/mol. The van der Waals surface area contributed by atoms with Crippen LogP contribution in [0.25, 0.3) is 0 Å². The number of carbonyl (C=O) groups is 1. The Balaban J connectivity index is 2.37. The molecule has 0 aliphatic carbocycles. The highest BCUT2D eigenvalue weighted by atomic mass is 35.5. The number of rotatable bonds is 6. The molecule has 0 saturated heterocycles. The molecule has 0 aliphatic heterocycles. The second-order valence-electron chi connectivity index (χ2n) is 5.99. The lowest BCUT2D eigenvalue weighted by Gasteiger charge is -2.24. The Morgan fingerprint density at radius 1 is 1.18 bits per heavy atom. The summed E-state index contributed by atoms with van der Waals surface area (Å²) in [5, 5.41) is 2.37. The van der Waals surface area contributed by atoms with Gasteiger partial charge >= 0.3 is 6.18 Å². The molecule has 2 aromatic rings. The fourth-order valence-electron chi connectivity index (χ4n) is 2.53. The maximum absolute atomic E-state index is 13.0. The van der Waals surface area contributed by atoms with Gasteiger partial charge in [-0.15, -0.1) is 0 Å². The molecular formula is C18H18ClF3N2O3S. The predicted molar refractivity (Wildman–Crippen MR) is 103 cm³/mol. The highest BCUT2D eigenvalue weighted by Gasteiger charge is 2.33. The van der Waals surface area contributed by atoms with Gasteiger partial charge in [0.25, 0.3) is 0 Å². The van der Waals surface area contributed by atoms with Crippen molar-refractivity contribution in [2.45, 2.75) is 19.5 Å². The van der Waals surface area contributed by atoms with Crippen molar-refractivity contribution in [1.82, 2.24) is 0 Å². The normalized spacial score (nSPS) is 11.9. The van der Waals surface area contributed by atoms with E-state index in [-0.39, 0.29) is 5.02 Å². The lowest BCUT2D eigenvalue weighted by molar-refractivity contribution is -0.137. The number of nitrogens with zero attached hydrogens (tertiary/aromatic N) is 1. The van der Waals surface area contributed by atoms with Crippen molar-refractivity contribution in [1.29, 1.82) is 0 Å².